The van der Waals surface area contributed by atoms with E-state index in [1.807, 2.05) is 0 Å². The van der Waals surface area contributed by atoms with Crippen LogP contribution in [0.25, 0.3) is 0 Å². The van der Waals surface area contributed by atoms with E-state index in [9.17, 15) is 24.5 Å². The summed E-state index contributed by atoms with van der Waals surface area (Å²) in [5, 5.41) is 19.3. The van der Waals surface area contributed by atoms with Gasteiger partial charge in [-0.15, -0.1) is 0 Å². The highest BCUT2D eigenvalue weighted by atomic mass is 35.5. The molecule has 11 nitrogen and oxygen atoms in total. The largest absolute Gasteiger partial charge is 0.326 e. The second-order valence-electron chi connectivity index (χ2n) is 6.91. The molecule has 0 unspecified atom stereocenters. The summed E-state index contributed by atoms with van der Waals surface area (Å²) in [5.41, 5.74) is 0.193. The molecule has 0 saturated carbocycles. The van der Waals surface area contributed by atoms with Gasteiger partial charge in [-0.05, 0) is 36.4 Å². The molecule has 0 spiro atoms. The summed E-state index contributed by atoms with van der Waals surface area (Å²) in [6.07, 6.45) is -0.249. The molecular weight excluding hydrogens is 440 g/mol. The number of nitrogens with zero attached hydrogens (tertiary/aromatic N) is 2. The van der Waals surface area contributed by atoms with Crippen LogP contribution in [0.15, 0.2) is 53.3 Å². The Morgan fingerprint density at radius 3 is 2.41 bits per heavy atom. The molecule has 1 aliphatic rings. The van der Waals surface area contributed by atoms with Crippen molar-refractivity contribution in [2.24, 2.45) is 0 Å². The Kier molecular flexibility index (Phi) is 5.56. The number of fused-ring (bicyclic) bond motifs is 1. The van der Waals surface area contributed by atoms with Crippen LogP contribution in [0.1, 0.15) is 17.9 Å². The fourth-order valence-corrected chi connectivity index (χ4v) is 3.35. The predicted octanol–water partition coefficient (Wildman–Crippen LogP) is 3.14. The summed E-state index contributed by atoms with van der Waals surface area (Å²) in [5.74, 6) is -2.12. The Morgan fingerprint density at radius 1 is 1.09 bits per heavy atom. The number of aromatic amines is 1. The maximum Gasteiger partial charge on any atom is 0.269 e. The van der Waals surface area contributed by atoms with Crippen LogP contribution in [0.4, 0.5) is 28.8 Å². The second kappa shape index (κ2) is 8.47. The lowest BCUT2D eigenvalue weighted by molar-refractivity contribution is -0.384. The van der Waals surface area contributed by atoms with Crippen molar-refractivity contribution in [3.8, 4) is 0 Å². The Balaban J connectivity index is 1.59. The summed E-state index contributed by atoms with van der Waals surface area (Å²) >= 11 is 5.86. The van der Waals surface area contributed by atoms with Crippen LogP contribution < -0.4 is 21.5 Å². The number of rotatable bonds is 5. The first kappa shape index (κ1) is 21.0. The number of nitro benzene ring substituents is 1. The number of carbonyl (C=O) groups excluding carboxylic acids is 2. The van der Waals surface area contributed by atoms with Gasteiger partial charge >= 0.3 is 0 Å². The number of hydrogen-bond acceptors (Lipinski definition) is 7. The third kappa shape index (κ3) is 4.42. The highest BCUT2D eigenvalue weighted by molar-refractivity contribution is 6.30. The van der Waals surface area contributed by atoms with Crippen LogP contribution in [0.3, 0.4) is 0 Å². The number of amides is 2. The van der Waals surface area contributed by atoms with Gasteiger partial charge in [0.1, 0.15) is 5.82 Å². The third-order valence-electron chi connectivity index (χ3n) is 4.72. The van der Waals surface area contributed by atoms with Gasteiger partial charge in [0, 0.05) is 35.0 Å². The van der Waals surface area contributed by atoms with Crippen LogP contribution in [0.2, 0.25) is 5.02 Å². The lowest BCUT2D eigenvalue weighted by Gasteiger charge is -2.23. The smallest absolute Gasteiger partial charge is 0.269 e. The number of aromatic nitrogens is 2. The first-order valence-electron chi connectivity index (χ1n) is 9.32. The van der Waals surface area contributed by atoms with Crippen LogP contribution in [-0.4, -0.2) is 26.7 Å². The van der Waals surface area contributed by atoms with Crippen molar-refractivity contribution in [1.82, 2.24) is 9.97 Å². The minimum absolute atomic E-state index is 0.0191. The average molecular weight is 455 g/mol. The molecule has 2 heterocycles. The normalized spacial score (nSPS) is 14.8. The lowest BCUT2D eigenvalue weighted by atomic mass is 9.92. The van der Waals surface area contributed by atoms with Gasteiger partial charge in [-0.3, -0.25) is 29.5 Å². The number of nitro groups is 1. The monoisotopic (exact) mass is 454 g/mol. The van der Waals surface area contributed by atoms with E-state index in [0.717, 1.165) is 0 Å². The predicted molar refractivity (Wildman–Crippen MR) is 117 cm³/mol. The molecule has 2 aromatic carbocycles. The van der Waals surface area contributed by atoms with E-state index in [-0.39, 0.29) is 29.4 Å². The zero-order chi connectivity index (χ0) is 22.8. The van der Waals surface area contributed by atoms with Crippen molar-refractivity contribution in [1.29, 1.82) is 0 Å². The molecule has 32 heavy (non-hydrogen) atoms. The molecule has 3 aromatic rings. The van der Waals surface area contributed by atoms with E-state index >= 15 is 0 Å². The molecule has 0 saturated heterocycles. The summed E-state index contributed by atoms with van der Waals surface area (Å²) in [7, 11) is 0. The Labute approximate surface area is 185 Å². The summed E-state index contributed by atoms with van der Waals surface area (Å²) in [4.78, 5) is 54.8. The number of H-pyrrole nitrogens is 1. The lowest BCUT2D eigenvalue weighted by Crippen LogP contribution is -2.36. The SMILES string of the molecule is O=C1C[C@@H](C(=O)Nc2ccc([N+](=O)[O-])cc2)c2c(nc(Nc3ccc(Cl)cc3)[nH]c2=O)N1. The Morgan fingerprint density at radius 2 is 1.75 bits per heavy atom. The molecule has 1 atom stereocenters. The molecule has 2 amide bonds. The quantitative estimate of drug-likeness (QED) is 0.340. The first-order chi connectivity index (χ1) is 15.3. The molecule has 0 fully saturated rings. The van der Waals surface area contributed by atoms with E-state index in [4.69, 9.17) is 11.6 Å². The highest BCUT2D eigenvalue weighted by Gasteiger charge is 2.34. The van der Waals surface area contributed by atoms with Crippen molar-refractivity contribution in [2.45, 2.75) is 12.3 Å². The summed E-state index contributed by atoms with van der Waals surface area (Å²) < 4.78 is 0. The maximum absolute atomic E-state index is 12.8. The van der Waals surface area contributed by atoms with Gasteiger partial charge in [0.05, 0.1) is 16.4 Å². The minimum Gasteiger partial charge on any atom is -0.326 e. The van der Waals surface area contributed by atoms with E-state index in [2.05, 4.69) is 25.9 Å². The number of halogens is 1. The standard InChI is InChI=1S/C20H15ClN6O5/c21-10-1-3-12(4-2-10)23-20-25-17-16(19(30)26-20)14(9-15(28)24-17)18(29)22-11-5-7-13(8-6-11)27(31)32/h1-8,14H,9H2,(H,22,29)(H3,23,24,25,26,28,30)/t14-/m1/s1. The Hall–Kier alpha value is -4.25. The number of benzene rings is 2. The van der Waals surface area contributed by atoms with E-state index in [1.165, 1.54) is 24.3 Å². The summed E-state index contributed by atoms with van der Waals surface area (Å²) in [6.45, 7) is 0. The van der Waals surface area contributed by atoms with Crippen LogP contribution >= 0.6 is 11.6 Å². The third-order valence-corrected chi connectivity index (χ3v) is 4.97. The van der Waals surface area contributed by atoms with Gasteiger partial charge in [0.25, 0.3) is 11.2 Å². The van der Waals surface area contributed by atoms with Gasteiger partial charge in [-0.1, -0.05) is 11.6 Å². The van der Waals surface area contributed by atoms with Crippen molar-refractivity contribution in [3.05, 3.63) is 79.6 Å². The minimum atomic E-state index is -1.09. The van der Waals surface area contributed by atoms with E-state index in [1.54, 1.807) is 24.3 Å². The van der Waals surface area contributed by atoms with Crippen molar-refractivity contribution < 1.29 is 14.5 Å². The molecule has 0 radical (unpaired) electrons. The molecule has 4 rings (SSSR count). The van der Waals surface area contributed by atoms with Crippen LogP contribution in [0, 0.1) is 10.1 Å². The van der Waals surface area contributed by atoms with Crippen LogP contribution in [-0.2, 0) is 9.59 Å². The maximum atomic E-state index is 12.8. The number of hydrogen-bond donors (Lipinski definition) is 4. The zero-order valence-corrected chi connectivity index (χ0v) is 17.0. The number of non-ortho nitro benzene ring substituents is 1. The second-order valence-corrected chi connectivity index (χ2v) is 7.34. The Bertz CT molecular complexity index is 1270. The van der Waals surface area contributed by atoms with Crippen molar-refractivity contribution in [2.75, 3.05) is 16.0 Å². The first-order valence-corrected chi connectivity index (χ1v) is 9.70. The van der Waals surface area contributed by atoms with E-state index < -0.39 is 28.2 Å². The highest BCUT2D eigenvalue weighted by Crippen LogP contribution is 2.30. The fourth-order valence-electron chi connectivity index (χ4n) is 3.22. The molecular formula is C20H15ClN6O5. The van der Waals surface area contributed by atoms with Crippen molar-refractivity contribution >= 4 is 52.2 Å². The molecule has 1 aromatic heterocycles. The molecule has 0 aliphatic carbocycles. The molecule has 162 valence electrons. The van der Waals surface area contributed by atoms with Gasteiger partial charge in [-0.2, -0.15) is 4.98 Å². The zero-order valence-electron chi connectivity index (χ0n) is 16.2. The number of carbonyl (C=O) groups is 2. The number of nitrogens with one attached hydrogen (secondary N) is 4. The number of anilines is 4. The van der Waals surface area contributed by atoms with E-state index in [0.29, 0.717) is 16.4 Å². The van der Waals surface area contributed by atoms with Gasteiger partial charge in [0.2, 0.25) is 17.8 Å². The molecule has 4 N–H and O–H groups in total. The average Bonchev–Trinajstić information content (AvgIpc) is 2.75. The van der Waals surface area contributed by atoms with Gasteiger partial charge in [0.15, 0.2) is 0 Å². The fraction of sp³-hybridized carbons (Fsp3) is 0.100. The van der Waals surface area contributed by atoms with Gasteiger partial charge in [-0.25, -0.2) is 0 Å². The molecule has 12 heteroatoms. The summed E-state index contributed by atoms with van der Waals surface area (Å²) in [6, 6.07) is 11.9. The van der Waals surface area contributed by atoms with Gasteiger partial charge < -0.3 is 16.0 Å². The molecule has 1 aliphatic heterocycles. The van der Waals surface area contributed by atoms with Crippen molar-refractivity contribution in [3.63, 3.8) is 0 Å². The van der Waals surface area contributed by atoms with Crippen LogP contribution in [0.5, 0.6) is 0 Å². The topological polar surface area (TPSA) is 159 Å². The molecule has 0 bridgehead atoms.